The quantitative estimate of drug-likeness (QED) is 0.606. The summed E-state index contributed by atoms with van der Waals surface area (Å²) in [4.78, 5) is 12.5. The summed E-state index contributed by atoms with van der Waals surface area (Å²) in [6.45, 7) is 2.16. The first kappa shape index (κ1) is 17.1. The van der Waals surface area contributed by atoms with E-state index in [1.54, 1.807) is 18.2 Å². The minimum Gasteiger partial charge on any atom is -0.449 e. The van der Waals surface area contributed by atoms with Gasteiger partial charge in [-0.25, -0.2) is 9.36 Å². The van der Waals surface area contributed by atoms with Gasteiger partial charge < -0.3 is 4.74 Å². The number of para-hydroxylation sites is 1. The van der Waals surface area contributed by atoms with Crippen molar-refractivity contribution < 1.29 is 22.7 Å². The maximum absolute atomic E-state index is 12.8. The van der Waals surface area contributed by atoms with E-state index in [4.69, 9.17) is 4.74 Å². The van der Waals surface area contributed by atoms with Gasteiger partial charge in [-0.15, -0.1) is 0 Å². The summed E-state index contributed by atoms with van der Waals surface area (Å²) in [6.07, 6.45) is -4.26. The van der Waals surface area contributed by atoms with E-state index in [9.17, 15) is 18.0 Å². The Bertz CT molecular complexity index is 895. The topological polar surface area (TPSA) is 31.2 Å². The molecule has 0 amide bonds. The van der Waals surface area contributed by atoms with E-state index in [1.807, 2.05) is 19.1 Å². The molecule has 3 rings (SSSR count). The van der Waals surface area contributed by atoms with Crippen LogP contribution >= 0.6 is 0 Å². The van der Waals surface area contributed by atoms with Crippen LogP contribution in [0.2, 0.25) is 0 Å². The first-order valence-corrected chi connectivity index (χ1v) is 7.87. The second-order valence-electron chi connectivity index (χ2n) is 5.61. The van der Waals surface area contributed by atoms with Crippen molar-refractivity contribution in [3.05, 3.63) is 60.2 Å². The molecular formula is C19H16F3NO2. The number of hydrogen-bond donors (Lipinski definition) is 0. The van der Waals surface area contributed by atoms with Crippen molar-refractivity contribution in [2.24, 2.45) is 0 Å². The first-order chi connectivity index (χ1) is 11.9. The molecule has 0 bridgehead atoms. The molecule has 3 aromatic rings. The Morgan fingerprint density at radius 2 is 1.76 bits per heavy atom. The summed E-state index contributed by atoms with van der Waals surface area (Å²) >= 11 is 0. The summed E-state index contributed by atoms with van der Waals surface area (Å²) in [5, 5.41) is 0.811. The van der Waals surface area contributed by atoms with Crippen molar-refractivity contribution in [1.29, 1.82) is 0 Å². The fourth-order valence-corrected chi connectivity index (χ4v) is 2.65. The van der Waals surface area contributed by atoms with Gasteiger partial charge in [0.15, 0.2) is 0 Å². The Labute approximate surface area is 142 Å². The average Bonchev–Trinajstić information content (AvgIpc) is 2.98. The zero-order valence-electron chi connectivity index (χ0n) is 13.5. The molecule has 3 nitrogen and oxygen atoms in total. The highest BCUT2D eigenvalue weighted by Crippen LogP contribution is 2.33. The van der Waals surface area contributed by atoms with E-state index in [-0.39, 0.29) is 6.61 Å². The van der Waals surface area contributed by atoms with Crippen molar-refractivity contribution in [3.63, 3.8) is 0 Å². The largest absolute Gasteiger partial charge is 0.449 e. The molecule has 2 aromatic carbocycles. The smallest absolute Gasteiger partial charge is 0.418 e. The number of benzene rings is 2. The highest BCUT2D eigenvalue weighted by molar-refractivity contribution is 5.96. The van der Waals surface area contributed by atoms with Gasteiger partial charge in [0.2, 0.25) is 0 Å². The predicted molar refractivity (Wildman–Crippen MR) is 89.4 cm³/mol. The number of carbonyl (C=O) groups is 1. The van der Waals surface area contributed by atoms with E-state index in [1.165, 1.54) is 16.7 Å². The fourth-order valence-electron chi connectivity index (χ4n) is 2.65. The summed E-state index contributed by atoms with van der Waals surface area (Å²) in [6, 6.07) is 13.8. The van der Waals surface area contributed by atoms with Gasteiger partial charge in [0.1, 0.15) is 0 Å². The normalized spacial score (nSPS) is 11.7. The van der Waals surface area contributed by atoms with Gasteiger partial charge in [0, 0.05) is 5.39 Å². The maximum atomic E-state index is 12.8. The minimum atomic E-state index is -4.40. The third-order valence-corrected chi connectivity index (χ3v) is 3.83. The number of fused-ring (bicyclic) bond motifs is 1. The van der Waals surface area contributed by atoms with Gasteiger partial charge in [-0.2, -0.15) is 13.2 Å². The van der Waals surface area contributed by atoms with Crippen LogP contribution in [0.5, 0.6) is 0 Å². The maximum Gasteiger partial charge on any atom is 0.418 e. The van der Waals surface area contributed by atoms with Crippen molar-refractivity contribution in [3.8, 4) is 11.3 Å². The van der Waals surface area contributed by atoms with E-state index in [0.717, 1.165) is 17.5 Å². The van der Waals surface area contributed by atoms with Crippen LogP contribution in [-0.4, -0.2) is 17.3 Å². The van der Waals surface area contributed by atoms with Gasteiger partial charge in [-0.1, -0.05) is 37.3 Å². The fraction of sp³-hybridized carbons (Fsp3) is 0.211. The molecule has 0 fully saturated rings. The van der Waals surface area contributed by atoms with E-state index in [2.05, 4.69) is 0 Å². The summed E-state index contributed by atoms with van der Waals surface area (Å²) in [7, 11) is 0. The summed E-state index contributed by atoms with van der Waals surface area (Å²) in [5.41, 5.74) is 0.930. The number of ether oxygens (including phenoxy) is 1. The molecule has 0 radical (unpaired) electrons. The second kappa shape index (κ2) is 6.63. The van der Waals surface area contributed by atoms with Gasteiger partial charge in [0.05, 0.1) is 23.4 Å². The van der Waals surface area contributed by atoms with E-state index in [0.29, 0.717) is 23.2 Å². The van der Waals surface area contributed by atoms with Crippen LogP contribution in [0.4, 0.5) is 18.0 Å². The Kier molecular flexibility index (Phi) is 4.53. The second-order valence-corrected chi connectivity index (χ2v) is 5.61. The zero-order chi connectivity index (χ0) is 18.0. The van der Waals surface area contributed by atoms with Crippen LogP contribution in [0, 0.1) is 0 Å². The number of alkyl halides is 3. The monoisotopic (exact) mass is 347 g/mol. The molecule has 0 saturated carbocycles. The zero-order valence-corrected chi connectivity index (χ0v) is 13.5. The van der Waals surface area contributed by atoms with Crippen LogP contribution in [0.25, 0.3) is 22.2 Å². The molecule has 0 N–H and O–H groups in total. The average molecular weight is 347 g/mol. The number of carbonyl (C=O) groups excluding carboxylic acids is 1. The third kappa shape index (κ3) is 3.38. The van der Waals surface area contributed by atoms with Crippen molar-refractivity contribution in [2.45, 2.75) is 19.5 Å². The number of rotatable bonds is 3. The van der Waals surface area contributed by atoms with Crippen molar-refractivity contribution in [2.75, 3.05) is 6.61 Å². The van der Waals surface area contributed by atoms with E-state index < -0.39 is 17.8 Å². The van der Waals surface area contributed by atoms with Gasteiger partial charge in [0.25, 0.3) is 0 Å². The van der Waals surface area contributed by atoms with E-state index >= 15 is 0 Å². The van der Waals surface area contributed by atoms with Crippen LogP contribution in [-0.2, 0) is 10.9 Å². The van der Waals surface area contributed by atoms with Crippen LogP contribution in [0.1, 0.15) is 18.9 Å². The van der Waals surface area contributed by atoms with Crippen LogP contribution < -0.4 is 0 Å². The highest BCUT2D eigenvalue weighted by Gasteiger charge is 2.30. The number of nitrogens with zero attached hydrogens (tertiary/aromatic N) is 1. The SMILES string of the molecule is CCCOC(=O)n1c(-c2ccc(C(F)(F)F)cc2)cc2ccccc21. The summed E-state index contributed by atoms with van der Waals surface area (Å²) < 4.78 is 44.9. The standard InChI is InChI=1S/C19H16F3NO2/c1-2-11-25-18(24)23-16-6-4-3-5-14(16)12-17(23)13-7-9-15(10-8-13)19(20,21)22/h3-10,12H,2,11H2,1H3. The van der Waals surface area contributed by atoms with Gasteiger partial charge in [-0.3, -0.25) is 0 Å². The molecular weight excluding hydrogens is 331 g/mol. The molecule has 0 unspecified atom stereocenters. The number of hydrogen-bond acceptors (Lipinski definition) is 2. The van der Waals surface area contributed by atoms with Gasteiger partial charge >= 0.3 is 12.3 Å². The summed E-state index contributed by atoms with van der Waals surface area (Å²) in [5.74, 6) is 0. The Balaban J connectivity index is 2.10. The molecule has 0 saturated heterocycles. The lowest BCUT2D eigenvalue weighted by Gasteiger charge is -2.11. The molecule has 1 aromatic heterocycles. The van der Waals surface area contributed by atoms with Gasteiger partial charge in [-0.05, 0) is 36.2 Å². The first-order valence-electron chi connectivity index (χ1n) is 7.87. The third-order valence-electron chi connectivity index (χ3n) is 3.83. The van der Waals surface area contributed by atoms with Crippen LogP contribution in [0.15, 0.2) is 54.6 Å². The highest BCUT2D eigenvalue weighted by atomic mass is 19.4. The lowest BCUT2D eigenvalue weighted by atomic mass is 10.1. The molecule has 130 valence electrons. The Morgan fingerprint density at radius 3 is 2.40 bits per heavy atom. The Hall–Kier alpha value is -2.76. The Morgan fingerprint density at radius 1 is 1.08 bits per heavy atom. The predicted octanol–water partition coefficient (Wildman–Crippen LogP) is 5.72. The molecule has 6 heteroatoms. The van der Waals surface area contributed by atoms with Crippen molar-refractivity contribution >= 4 is 17.0 Å². The number of aromatic nitrogens is 1. The molecule has 25 heavy (non-hydrogen) atoms. The molecule has 1 heterocycles. The minimum absolute atomic E-state index is 0.276. The van der Waals surface area contributed by atoms with Crippen molar-refractivity contribution in [1.82, 2.24) is 4.57 Å². The molecule has 0 atom stereocenters. The van der Waals surface area contributed by atoms with Crippen LogP contribution in [0.3, 0.4) is 0 Å². The lowest BCUT2D eigenvalue weighted by molar-refractivity contribution is -0.137. The number of halogens is 3. The molecule has 0 spiro atoms. The molecule has 0 aliphatic rings. The molecule has 0 aliphatic carbocycles. The lowest BCUT2D eigenvalue weighted by Crippen LogP contribution is -2.15. The molecule has 0 aliphatic heterocycles.